The third-order valence-electron chi connectivity index (χ3n) is 1.05. The summed E-state index contributed by atoms with van der Waals surface area (Å²) in [5.41, 5.74) is 0. The van der Waals surface area contributed by atoms with Gasteiger partial charge in [-0.25, -0.2) is 9.59 Å². The topological polar surface area (TPSA) is 61.8 Å². The molecule has 0 aromatic carbocycles. The molecule has 11 heavy (non-hydrogen) atoms. The van der Waals surface area contributed by atoms with Crippen LogP contribution in [-0.2, 0) is 23.8 Å². The lowest BCUT2D eigenvalue weighted by molar-refractivity contribution is -0.148. The van der Waals surface area contributed by atoms with Crippen molar-refractivity contribution in [3.63, 3.8) is 0 Å². The van der Waals surface area contributed by atoms with E-state index in [0.717, 1.165) is 0 Å². The van der Waals surface area contributed by atoms with Gasteiger partial charge in [-0.15, -0.1) is 0 Å². The van der Waals surface area contributed by atoms with Crippen LogP contribution in [0.15, 0.2) is 0 Å². The Morgan fingerprint density at radius 3 is 1.82 bits per heavy atom. The van der Waals surface area contributed by atoms with Gasteiger partial charge in [0.1, 0.15) is 26.4 Å². The maximum atomic E-state index is 10.6. The quantitative estimate of drug-likeness (QED) is 0.430. The van der Waals surface area contributed by atoms with Crippen LogP contribution in [0.5, 0.6) is 0 Å². The number of rotatable bonds is 0. The minimum Gasteiger partial charge on any atom is -0.460 e. The largest absolute Gasteiger partial charge is 0.460 e. The van der Waals surface area contributed by atoms with Crippen LogP contribution in [0.3, 0.4) is 0 Å². The molecule has 0 aromatic heterocycles. The van der Waals surface area contributed by atoms with E-state index in [9.17, 15) is 9.59 Å². The van der Waals surface area contributed by atoms with Gasteiger partial charge in [0.15, 0.2) is 0 Å². The summed E-state index contributed by atoms with van der Waals surface area (Å²) in [6.07, 6.45) is 0. The van der Waals surface area contributed by atoms with Crippen molar-refractivity contribution in [1.29, 1.82) is 0 Å². The first-order chi connectivity index (χ1) is 5.29. The maximum Gasteiger partial charge on any atom is 0.332 e. The van der Waals surface area contributed by atoms with Crippen molar-refractivity contribution in [2.24, 2.45) is 0 Å². The van der Waals surface area contributed by atoms with Gasteiger partial charge >= 0.3 is 11.9 Å². The first-order valence-corrected chi connectivity index (χ1v) is 3.18. The monoisotopic (exact) mass is 160 g/mol. The van der Waals surface area contributed by atoms with E-state index < -0.39 is 11.9 Å². The molecule has 1 aliphatic heterocycles. The summed E-state index contributed by atoms with van der Waals surface area (Å²) in [6, 6.07) is 0. The standard InChI is InChI=1S/C6H8O5/c7-5-3-9-4-6(8)11-2-1-10-5/h1-4H2. The molecule has 0 spiro atoms. The summed E-state index contributed by atoms with van der Waals surface area (Å²) in [4.78, 5) is 21.2. The highest BCUT2D eigenvalue weighted by Crippen LogP contribution is 1.89. The highest BCUT2D eigenvalue weighted by Gasteiger charge is 2.10. The number of carbonyl (C=O) groups excluding carboxylic acids is 2. The Balaban J connectivity index is 2.35. The normalized spacial score (nSPS) is 20.7. The van der Waals surface area contributed by atoms with Crippen LogP contribution in [-0.4, -0.2) is 38.4 Å². The first-order valence-electron chi connectivity index (χ1n) is 3.18. The fourth-order valence-corrected chi connectivity index (χ4v) is 0.612. The second-order valence-electron chi connectivity index (χ2n) is 1.93. The minimum absolute atomic E-state index is 0.105. The molecule has 1 saturated heterocycles. The van der Waals surface area contributed by atoms with Crippen molar-refractivity contribution < 1.29 is 23.8 Å². The SMILES string of the molecule is O=C1COCC(=O)OCCO1. The summed E-state index contributed by atoms with van der Waals surface area (Å²) in [5, 5.41) is 0. The molecule has 0 amide bonds. The van der Waals surface area contributed by atoms with Crippen LogP contribution in [0.1, 0.15) is 0 Å². The van der Waals surface area contributed by atoms with E-state index in [1.807, 2.05) is 0 Å². The van der Waals surface area contributed by atoms with Crippen LogP contribution < -0.4 is 0 Å². The van der Waals surface area contributed by atoms with E-state index in [2.05, 4.69) is 14.2 Å². The van der Waals surface area contributed by atoms with Gasteiger partial charge in [-0.3, -0.25) is 0 Å². The summed E-state index contributed by atoms with van der Waals surface area (Å²) < 4.78 is 13.8. The average molecular weight is 160 g/mol. The molecule has 1 heterocycles. The van der Waals surface area contributed by atoms with Gasteiger partial charge < -0.3 is 14.2 Å². The van der Waals surface area contributed by atoms with Crippen molar-refractivity contribution in [2.75, 3.05) is 26.4 Å². The van der Waals surface area contributed by atoms with Crippen molar-refractivity contribution >= 4 is 11.9 Å². The van der Waals surface area contributed by atoms with E-state index in [1.165, 1.54) is 0 Å². The number of ether oxygens (including phenoxy) is 3. The van der Waals surface area contributed by atoms with Crippen LogP contribution in [0.25, 0.3) is 0 Å². The van der Waals surface area contributed by atoms with Gasteiger partial charge in [-0.05, 0) is 0 Å². The molecule has 1 aliphatic rings. The third-order valence-corrected chi connectivity index (χ3v) is 1.05. The Bertz CT molecular complexity index is 146. The molecule has 0 unspecified atom stereocenters. The van der Waals surface area contributed by atoms with E-state index in [0.29, 0.717) is 0 Å². The Labute approximate surface area is 63.2 Å². The molecule has 62 valence electrons. The Kier molecular flexibility index (Phi) is 2.85. The van der Waals surface area contributed by atoms with Crippen molar-refractivity contribution in [3.8, 4) is 0 Å². The Morgan fingerprint density at radius 2 is 1.36 bits per heavy atom. The first kappa shape index (κ1) is 8.00. The summed E-state index contributed by atoms with van der Waals surface area (Å²) in [7, 11) is 0. The van der Waals surface area contributed by atoms with Crippen LogP contribution >= 0.6 is 0 Å². The number of hydrogen-bond acceptors (Lipinski definition) is 5. The zero-order valence-electron chi connectivity index (χ0n) is 5.87. The lowest BCUT2D eigenvalue weighted by Crippen LogP contribution is -2.14. The van der Waals surface area contributed by atoms with Crippen molar-refractivity contribution in [1.82, 2.24) is 0 Å². The Hall–Kier alpha value is -1.10. The molecule has 1 rings (SSSR count). The van der Waals surface area contributed by atoms with Crippen molar-refractivity contribution in [3.05, 3.63) is 0 Å². The smallest absolute Gasteiger partial charge is 0.332 e. The predicted octanol–water partition coefficient (Wildman–Crippen LogP) is -0.897. The molecule has 5 nitrogen and oxygen atoms in total. The second-order valence-corrected chi connectivity index (χ2v) is 1.93. The van der Waals surface area contributed by atoms with Gasteiger partial charge in [0, 0.05) is 0 Å². The molecule has 5 heteroatoms. The Morgan fingerprint density at radius 1 is 0.909 bits per heavy atom. The average Bonchev–Trinajstić information content (AvgIpc) is 2.04. The van der Waals surface area contributed by atoms with Gasteiger partial charge in [-0.1, -0.05) is 0 Å². The van der Waals surface area contributed by atoms with E-state index >= 15 is 0 Å². The lowest BCUT2D eigenvalue weighted by atomic mass is 10.7. The zero-order chi connectivity index (χ0) is 8.10. The number of cyclic esters (lactones) is 2. The summed E-state index contributed by atoms with van der Waals surface area (Å²) in [6.45, 7) is -0.161. The molecule has 0 saturated carbocycles. The molecule has 1 fully saturated rings. The lowest BCUT2D eigenvalue weighted by Gasteiger charge is -1.99. The number of hydrogen-bond donors (Lipinski definition) is 0. The second kappa shape index (κ2) is 3.92. The molecular weight excluding hydrogens is 152 g/mol. The molecule has 0 aromatic rings. The number of esters is 2. The predicted molar refractivity (Wildman–Crippen MR) is 32.7 cm³/mol. The van der Waals surface area contributed by atoms with Gasteiger partial charge in [-0.2, -0.15) is 0 Å². The molecular formula is C6H8O5. The van der Waals surface area contributed by atoms with E-state index in [4.69, 9.17) is 0 Å². The fraction of sp³-hybridized carbons (Fsp3) is 0.667. The summed E-state index contributed by atoms with van der Waals surface area (Å²) in [5.74, 6) is -0.938. The van der Waals surface area contributed by atoms with E-state index in [-0.39, 0.29) is 26.4 Å². The van der Waals surface area contributed by atoms with Gasteiger partial charge in [0.25, 0.3) is 0 Å². The highest BCUT2D eigenvalue weighted by molar-refractivity contribution is 5.73. The third kappa shape index (κ3) is 2.99. The summed E-state index contributed by atoms with van der Waals surface area (Å²) >= 11 is 0. The fourth-order valence-electron chi connectivity index (χ4n) is 0.612. The highest BCUT2D eigenvalue weighted by atomic mass is 16.6. The molecule has 0 atom stereocenters. The molecule has 0 aliphatic carbocycles. The van der Waals surface area contributed by atoms with Gasteiger partial charge in [0.05, 0.1) is 0 Å². The number of carbonyl (C=O) groups is 2. The molecule has 0 radical (unpaired) electrons. The zero-order valence-corrected chi connectivity index (χ0v) is 5.87. The van der Waals surface area contributed by atoms with Crippen LogP contribution in [0, 0.1) is 0 Å². The van der Waals surface area contributed by atoms with Crippen LogP contribution in [0.4, 0.5) is 0 Å². The van der Waals surface area contributed by atoms with E-state index in [1.54, 1.807) is 0 Å². The minimum atomic E-state index is -0.469. The van der Waals surface area contributed by atoms with Gasteiger partial charge in [0.2, 0.25) is 0 Å². The molecule has 0 bridgehead atoms. The van der Waals surface area contributed by atoms with Crippen molar-refractivity contribution in [2.45, 2.75) is 0 Å². The molecule has 0 N–H and O–H groups in total. The maximum absolute atomic E-state index is 10.6. The van der Waals surface area contributed by atoms with Crippen LogP contribution in [0.2, 0.25) is 0 Å².